The average molecular weight is 357 g/mol. The van der Waals surface area contributed by atoms with Crippen molar-refractivity contribution in [2.75, 3.05) is 6.54 Å². The molecule has 1 aromatic heterocycles. The van der Waals surface area contributed by atoms with Crippen molar-refractivity contribution in [2.45, 2.75) is 18.0 Å². The summed E-state index contributed by atoms with van der Waals surface area (Å²) in [5, 5.41) is 8.93. The second-order valence-electron chi connectivity index (χ2n) is 4.98. The Hall–Kier alpha value is -2.31. The Balaban J connectivity index is 2.68. The van der Waals surface area contributed by atoms with Crippen molar-refractivity contribution in [1.82, 2.24) is 9.29 Å². The first-order valence-electron chi connectivity index (χ1n) is 6.89. The van der Waals surface area contributed by atoms with Crippen LogP contribution in [0.3, 0.4) is 0 Å². The van der Waals surface area contributed by atoms with Crippen molar-refractivity contribution in [3.8, 4) is 17.3 Å². The van der Waals surface area contributed by atoms with E-state index in [1.54, 1.807) is 7.05 Å². The van der Waals surface area contributed by atoms with E-state index >= 15 is 0 Å². The van der Waals surface area contributed by atoms with E-state index in [9.17, 15) is 21.6 Å². The van der Waals surface area contributed by atoms with Crippen LogP contribution in [0.5, 0.6) is 0 Å². The highest BCUT2D eigenvalue weighted by Gasteiger charge is 2.37. The summed E-state index contributed by atoms with van der Waals surface area (Å²) in [6.07, 6.45) is -4.84. The van der Waals surface area contributed by atoms with Crippen LogP contribution in [0.4, 0.5) is 13.2 Å². The third-order valence-corrected chi connectivity index (χ3v) is 5.04. The molecule has 128 valence electrons. The van der Waals surface area contributed by atoms with E-state index in [1.165, 1.54) is 29.7 Å². The molecular weight excluding hydrogens is 343 g/mol. The van der Waals surface area contributed by atoms with Gasteiger partial charge in [-0.25, -0.2) is 13.1 Å². The predicted molar refractivity (Wildman–Crippen MR) is 81.4 cm³/mol. The molecule has 0 saturated carbocycles. The van der Waals surface area contributed by atoms with Crippen molar-refractivity contribution in [3.05, 3.63) is 41.6 Å². The summed E-state index contributed by atoms with van der Waals surface area (Å²) in [4.78, 5) is -0.824. The molecule has 0 aliphatic carbocycles. The fourth-order valence-corrected chi connectivity index (χ4v) is 3.57. The second kappa shape index (κ2) is 6.30. The monoisotopic (exact) mass is 357 g/mol. The molecule has 0 bridgehead atoms. The number of nitrogens with one attached hydrogen (secondary N) is 1. The Morgan fingerprint density at radius 1 is 1.25 bits per heavy atom. The van der Waals surface area contributed by atoms with Gasteiger partial charge in [0.1, 0.15) is 11.8 Å². The van der Waals surface area contributed by atoms with Crippen LogP contribution in [-0.2, 0) is 23.2 Å². The van der Waals surface area contributed by atoms with E-state index in [1.807, 2.05) is 6.07 Å². The molecule has 0 spiro atoms. The number of rotatable bonds is 4. The Morgan fingerprint density at radius 3 is 2.42 bits per heavy atom. The van der Waals surface area contributed by atoms with Gasteiger partial charge in [-0.05, 0) is 29.8 Å². The fourth-order valence-electron chi connectivity index (χ4n) is 2.33. The molecule has 0 aliphatic rings. The maximum atomic E-state index is 13.3. The van der Waals surface area contributed by atoms with Gasteiger partial charge in [-0.2, -0.15) is 18.4 Å². The number of alkyl halides is 3. The number of nitrogens with zero attached hydrogens (tertiary/aromatic N) is 2. The lowest BCUT2D eigenvalue weighted by molar-refractivity contribution is -0.139. The van der Waals surface area contributed by atoms with Gasteiger partial charge in [-0.1, -0.05) is 13.0 Å². The molecule has 0 radical (unpaired) electrons. The summed E-state index contributed by atoms with van der Waals surface area (Å²) >= 11 is 0. The van der Waals surface area contributed by atoms with Gasteiger partial charge >= 0.3 is 6.18 Å². The van der Waals surface area contributed by atoms with Gasteiger partial charge < -0.3 is 4.57 Å². The molecular formula is C15H14F3N3O2S. The second-order valence-corrected chi connectivity index (χ2v) is 6.72. The van der Waals surface area contributed by atoms with Gasteiger partial charge in [0.2, 0.25) is 10.0 Å². The number of hydrogen-bond acceptors (Lipinski definition) is 3. The Bertz CT molecular complexity index is 909. The highest BCUT2D eigenvalue weighted by atomic mass is 32.2. The largest absolute Gasteiger partial charge is 0.417 e. The molecule has 0 saturated heterocycles. The first kappa shape index (κ1) is 18.0. The quantitative estimate of drug-likeness (QED) is 0.914. The lowest BCUT2D eigenvalue weighted by atomic mass is 10.1. The standard InChI is InChI=1S/C15H14F3N3O2S/c1-3-20-24(22,23)14-7-4-10(8-12(14)15(16,17)18)13-6-5-11(9-19)21(13)2/h4-8,20H,3H2,1-2H3. The number of halogens is 3. The number of nitriles is 1. The minimum atomic E-state index is -4.84. The number of aromatic nitrogens is 1. The van der Waals surface area contributed by atoms with E-state index in [0.717, 1.165) is 12.1 Å². The van der Waals surface area contributed by atoms with Gasteiger partial charge in [0.05, 0.1) is 10.5 Å². The fraction of sp³-hybridized carbons (Fsp3) is 0.267. The molecule has 9 heteroatoms. The van der Waals surface area contributed by atoms with Gasteiger partial charge in [-0.3, -0.25) is 0 Å². The van der Waals surface area contributed by atoms with Crippen LogP contribution in [-0.4, -0.2) is 19.5 Å². The first-order valence-corrected chi connectivity index (χ1v) is 8.37. The molecule has 2 aromatic rings. The zero-order valence-electron chi connectivity index (χ0n) is 12.8. The highest BCUT2D eigenvalue weighted by molar-refractivity contribution is 7.89. The van der Waals surface area contributed by atoms with Crippen LogP contribution in [0.2, 0.25) is 0 Å². The highest BCUT2D eigenvalue weighted by Crippen LogP contribution is 2.37. The van der Waals surface area contributed by atoms with E-state index in [2.05, 4.69) is 4.72 Å². The topological polar surface area (TPSA) is 74.9 Å². The molecule has 0 fully saturated rings. The molecule has 1 N–H and O–H groups in total. The van der Waals surface area contributed by atoms with Gasteiger partial charge in [0, 0.05) is 19.3 Å². The number of hydrogen-bond donors (Lipinski definition) is 1. The third kappa shape index (κ3) is 3.29. The number of benzene rings is 1. The van der Waals surface area contributed by atoms with Crippen molar-refractivity contribution >= 4 is 10.0 Å². The lowest BCUT2D eigenvalue weighted by Crippen LogP contribution is -2.26. The van der Waals surface area contributed by atoms with Crippen LogP contribution < -0.4 is 4.72 Å². The molecule has 1 heterocycles. The zero-order chi connectivity index (χ0) is 18.1. The van der Waals surface area contributed by atoms with Crippen molar-refractivity contribution in [3.63, 3.8) is 0 Å². The van der Waals surface area contributed by atoms with E-state index in [-0.39, 0.29) is 17.8 Å². The van der Waals surface area contributed by atoms with Crippen molar-refractivity contribution in [1.29, 1.82) is 5.26 Å². The van der Waals surface area contributed by atoms with Crippen LogP contribution >= 0.6 is 0 Å². The molecule has 0 aliphatic heterocycles. The summed E-state index contributed by atoms with van der Waals surface area (Å²) in [6, 6.07) is 7.89. The summed E-state index contributed by atoms with van der Waals surface area (Å²) in [5.74, 6) is 0. The normalized spacial score (nSPS) is 12.2. The molecule has 0 unspecified atom stereocenters. The minimum Gasteiger partial charge on any atom is -0.335 e. The Kier molecular flexibility index (Phi) is 4.73. The van der Waals surface area contributed by atoms with E-state index in [0.29, 0.717) is 5.69 Å². The Labute approximate surface area is 137 Å². The minimum absolute atomic E-state index is 0.0231. The van der Waals surface area contributed by atoms with Gasteiger partial charge in [-0.15, -0.1) is 0 Å². The van der Waals surface area contributed by atoms with E-state index < -0.39 is 26.7 Å². The first-order chi connectivity index (χ1) is 11.1. The maximum Gasteiger partial charge on any atom is 0.417 e. The zero-order valence-corrected chi connectivity index (χ0v) is 13.7. The van der Waals surface area contributed by atoms with Crippen LogP contribution in [0.25, 0.3) is 11.3 Å². The molecule has 1 aromatic carbocycles. The van der Waals surface area contributed by atoms with E-state index in [4.69, 9.17) is 5.26 Å². The van der Waals surface area contributed by atoms with Crippen LogP contribution in [0, 0.1) is 11.3 Å². The van der Waals surface area contributed by atoms with Crippen molar-refractivity contribution < 1.29 is 21.6 Å². The number of sulfonamides is 1. The van der Waals surface area contributed by atoms with Crippen molar-refractivity contribution in [2.24, 2.45) is 7.05 Å². The molecule has 0 atom stereocenters. The molecule has 24 heavy (non-hydrogen) atoms. The Morgan fingerprint density at radius 2 is 1.92 bits per heavy atom. The van der Waals surface area contributed by atoms with Crippen LogP contribution in [0.1, 0.15) is 18.2 Å². The summed E-state index contributed by atoms with van der Waals surface area (Å²) < 4.78 is 67.5. The maximum absolute atomic E-state index is 13.3. The van der Waals surface area contributed by atoms with Gasteiger partial charge in [0.25, 0.3) is 0 Å². The molecule has 5 nitrogen and oxygen atoms in total. The SMILES string of the molecule is CCNS(=O)(=O)c1ccc(-c2ccc(C#N)n2C)cc1C(F)(F)F. The average Bonchev–Trinajstić information content (AvgIpc) is 2.86. The van der Waals surface area contributed by atoms with Gasteiger partial charge in [0.15, 0.2) is 0 Å². The summed E-state index contributed by atoms with van der Waals surface area (Å²) in [5.41, 5.74) is -0.421. The lowest BCUT2D eigenvalue weighted by Gasteiger charge is -2.15. The predicted octanol–water partition coefficient (Wildman–Crippen LogP) is 2.88. The third-order valence-electron chi connectivity index (χ3n) is 3.44. The van der Waals surface area contributed by atoms with Crippen LogP contribution in [0.15, 0.2) is 35.2 Å². The smallest absolute Gasteiger partial charge is 0.335 e. The molecule has 2 rings (SSSR count). The summed E-state index contributed by atoms with van der Waals surface area (Å²) in [6.45, 7) is 1.46. The summed E-state index contributed by atoms with van der Waals surface area (Å²) in [7, 11) is -2.72. The molecule has 0 amide bonds.